The number of carbonyl (C=O) groups excluding carboxylic acids is 1. The van der Waals surface area contributed by atoms with Gasteiger partial charge in [0.15, 0.2) is 0 Å². The molecule has 1 aliphatic heterocycles. The van der Waals surface area contributed by atoms with Crippen LogP contribution in [0.3, 0.4) is 0 Å². The molecule has 4 heteroatoms. The molecule has 0 aromatic rings. The maximum atomic E-state index is 12.2. The Morgan fingerprint density at radius 2 is 2.19 bits per heavy atom. The zero-order chi connectivity index (χ0) is 11.8. The normalized spacial score (nSPS) is 32.6. The molecule has 1 amide bonds. The van der Waals surface area contributed by atoms with Crippen molar-refractivity contribution in [2.24, 2.45) is 11.1 Å². The third-order valence-electron chi connectivity index (χ3n) is 4.07. The summed E-state index contributed by atoms with van der Waals surface area (Å²) in [6, 6.07) is 0. The van der Waals surface area contributed by atoms with Gasteiger partial charge in [0.05, 0.1) is 18.8 Å². The first kappa shape index (κ1) is 11.9. The average molecular weight is 226 g/mol. The van der Waals surface area contributed by atoms with E-state index in [1.54, 1.807) is 0 Å². The quantitative estimate of drug-likeness (QED) is 0.772. The third kappa shape index (κ3) is 1.96. The van der Waals surface area contributed by atoms with Crippen LogP contribution in [0.4, 0.5) is 0 Å². The van der Waals surface area contributed by atoms with Gasteiger partial charge in [-0.1, -0.05) is 13.8 Å². The number of hydrogen-bond donors (Lipinski definition) is 1. The van der Waals surface area contributed by atoms with Gasteiger partial charge in [-0.25, -0.2) is 0 Å². The van der Waals surface area contributed by atoms with Crippen molar-refractivity contribution in [3.63, 3.8) is 0 Å². The molecule has 4 nitrogen and oxygen atoms in total. The second-order valence-corrected chi connectivity index (χ2v) is 5.38. The molecule has 2 rings (SSSR count). The van der Waals surface area contributed by atoms with Crippen molar-refractivity contribution in [1.82, 2.24) is 4.90 Å². The number of nitrogens with two attached hydrogens (primary N) is 1. The summed E-state index contributed by atoms with van der Waals surface area (Å²) in [5, 5.41) is 0. The predicted octanol–water partition coefficient (Wildman–Crippen LogP) is 0.753. The van der Waals surface area contributed by atoms with Crippen molar-refractivity contribution in [2.75, 3.05) is 26.2 Å². The SMILES string of the molecule is CCC1(CN)CN(C(=O)C2(C)CC2)CCO1. The van der Waals surface area contributed by atoms with Crippen molar-refractivity contribution in [3.05, 3.63) is 0 Å². The summed E-state index contributed by atoms with van der Waals surface area (Å²) >= 11 is 0. The van der Waals surface area contributed by atoms with Gasteiger partial charge in [0.25, 0.3) is 0 Å². The van der Waals surface area contributed by atoms with Gasteiger partial charge in [0.2, 0.25) is 5.91 Å². The number of nitrogens with zero attached hydrogens (tertiary/aromatic N) is 1. The maximum absolute atomic E-state index is 12.2. The van der Waals surface area contributed by atoms with E-state index in [2.05, 4.69) is 13.8 Å². The van der Waals surface area contributed by atoms with Crippen LogP contribution < -0.4 is 5.73 Å². The van der Waals surface area contributed by atoms with E-state index in [-0.39, 0.29) is 11.0 Å². The van der Waals surface area contributed by atoms with E-state index in [1.165, 1.54) is 0 Å². The van der Waals surface area contributed by atoms with E-state index in [1.807, 2.05) is 4.90 Å². The summed E-state index contributed by atoms with van der Waals surface area (Å²) in [5.41, 5.74) is 5.39. The van der Waals surface area contributed by atoms with Crippen LogP contribution in [0.15, 0.2) is 0 Å². The Balaban J connectivity index is 2.04. The molecule has 2 aliphatic rings. The molecule has 2 fully saturated rings. The monoisotopic (exact) mass is 226 g/mol. The number of carbonyl (C=O) groups is 1. The number of hydrogen-bond acceptors (Lipinski definition) is 3. The molecule has 2 N–H and O–H groups in total. The highest BCUT2D eigenvalue weighted by molar-refractivity contribution is 5.85. The van der Waals surface area contributed by atoms with Crippen molar-refractivity contribution >= 4 is 5.91 Å². The molecular weight excluding hydrogens is 204 g/mol. The summed E-state index contributed by atoms with van der Waals surface area (Å²) in [4.78, 5) is 14.2. The van der Waals surface area contributed by atoms with E-state index in [4.69, 9.17) is 10.5 Å². The number of amides is 1. The van der Waals surface area contributed by atoms with Crippen molar-refractivity contribution in [2.45, 2.75) is 38.7 Å². The van der Waals surface area contributed by atoms with Gasteiger partial charge in [-0.3, -0.25) is 4.79 Å². The molecule has 0 aromatic heterocycles. The van der Waals surface area contributed by atoms with Crippen LogP contribution in [0, 0.1) is 5.41 Å². The fraction of sp³-hybridized carbons (Fsp3) is 0.917. The molecule has 0 radical (unpaired) electrons. The van der Waals surface area contributed by atoms with Crippen LogP contribution in [-0.2, 0) is 9.53 Å². The van der Waals surface area contributed by atoms with Gasteiger partial charge in [-0.15, -0.1) is 0 Å². The number of ether oxygens (including phenoxy) is 1. The predicted molar refractivity (Wildman–Crippen MR) is 61.9 cm³/mol. The Morgan fingerprint density at radius 3 is 2.69 bits per heavy atom. The minimum atomic E-state index is -0.306. The number of morpholine rings is 1. The molecule has 1 atom stereocenters. The van der Waals surface area contributed by atoms with Crippen LogP contribution >= 0.6 is 0 Å². The summed E-state index contributed by atoms with van der Waals surface area (Å²) in [6.07, 6.45) is 2.93. The van der Waals surface area contributed by atoms with Gasteiger partial charge >= 0.3 is 0 Å². The molecule has 1 saturated carbocycles. The Bertz CT molecular complexity index is 283. The van der Waals surface area contributed by atoms with Crippen molar-refractivity contribution < 1.29 is 9.53 Å². The molecule has 1 saturated heterocycles. The number of rotatable bonds is 3. The Hall–Kier alpha value is -0.610. The second-order valence-electron chi connectivity index (χ2n) is 5.38. The van der Waals surface area contributed by atoms with Gasteiger partial charge in [0, 0.05) is 18.5 Å². The first-order chi connectivity index (χ1) is 7.55. The van der Waals surface area contributed by atoms with E-state index >= 15 is 0 Å². The van der Waals surface area contributed by atoms with Crippen LogP contribution in [-0.4, -0.2) is 42.6 Å². The Labute approximate surface area is 97.1 Å². The fourth-order valence-corrected chi connectivity index (χ4v) is 2.28. The van der Waals surface area contributed by atoms with E-state index in [0.29, 0.717) is 25.6 Å². The smallest absolute Gasteiger partial charge is 0.228 e. The lowest BCUT2D eigenvalue weighted by Gasteiger charge is -2.42. The lowest BCUT2D eigenvalue weighted by molar-refractivity contribution is -0.154. The summed E-state index contributed by atoms with van der Waals surface area (Å²) < 4.78 is 5.76. The average Bonchev–Trinajstić information content (AvgIpc) is 3.07. The van der Waals surface area contributed by atoms with E-state index in [0.717, 1.165) is 25.8 Å². The molecule has 0 aromatic carbocycles. The molecule has 1 aliphatic carbocycles. The maximum Gasteiger partial charge on any atom is 0.228 e. The van der Waals surface area contributed by atoms with Crippen molar-refractivity contribution in [3.8, 4) is 0 Å². The molecule has 1 unspecified atom stereocenters. The zero-order valence-corrected chi connectivity index (χ0v) is 10.3. The topological polar surface area (TPSA) is 55.6 Å². The zero-order valence-electron chi connectivity index (χ0n) is 10.3. The Kier molecular flexibility index (Phi) is 2.97. The third-order valence-corrected chi connectivity index (χ3v) is 4.07. The van der Waals surface area contributed by atoms with Crippen LogP contribution in [0.25, 0.3) is 0 Å². The second kappa shape index (κ2) is 4.00. The van der Waals surface area contributed by atoms with E-state index < -0.39 is 0 Å². The first-order valence-corrected chi connectivity index (χ1v) is 6.19. The lowest BCUT2D eigenvalue weighted by atomic mass is 9.97. The highest BCUT2D eigenvalue weighted by Gasteiger charge is 2.49. The minimum absolute atomic E-state index is 0.0780. The van der Waals surface area contributed by atoms with Gasteiger partial charge in [0.1, 0.15) is 0 Å². The van der Waals surface area contributed by atoms with Gasteiger partial charge in [-0.2, -0.15) is 0 Å². The summed E-state index contributed by atoms with van der Waals surface area (Å²) in [7, 11) is 0. The first-order valence-electron chi connectivity index (χ1n) is 6.19. The summed E-state index contributed by atoms with van der Waals surface area (Å²) in [5.74, 6) is 0.294. The van der Waals surface area contributed by atoms with Crippen LogP contribution in [0.1, 0.15) is 33.1 Å². The van der Waals surface area contributed by atoms with Gasteiger partial charge < -0.3 is 15.4 Å². The minimum Gasteiger partial charge on any atom is -0.370 e. The Morgan fingerprint density at radius 1 is 1.50 bits per heavy atom. The van der Waals surface area contributed by atoms with Crippen LogP contribution in [0.5, 0.6) is 0 Å². The molecule has 0 spiro atoms. The summed E-state index contributed by atoms with van der Waals surface area (Å²) in [6.45, 7) is 6.61. The van der Waals surface area contributed by atoms with Gasteiger partial charge in [-0.05, 0) is 19.3 Å². The molecule has 92 valence electrons. The fourth-order valence-electron chi connectivity index (χ4n) is 2.28. The van der Waals surface area contributed by atoms with Crippen LogP contribution in [0.2, 0.25) is 0 Å². The molecule has 1 heterocycles. The molecule has 0 bridgehead atoms. The lowest BCUT2D eigenvalue weighted by Crippen LogP contribution is -2.57. The largest absolute Gasteiger partial charge is 0.370 e. The van der Waals surface area contributed by atoms with Crippen molar-refractivity contribution in [1.29, 1.82) is 0 Å². The highest BCUT2D eigenvalue weighted by atomic mass is 16.5. The standard InChI is InChI=1S/C12H22N2O2/c1-3-12(8-13)9-14(6-7-16-12)10(15)11(2)4-5-11/h3-9,13H2,1-2H3. The highest BCUT2D eigenvalue weighted by Crippen LogP contribution is 2.47. The van der Waals surface area contributed by atoms with E-state index in [9.17, 15) is 4.79 Å². The molecular formula is C12H22N2O2. The molecule has 16 heavy (non-hydrogen) atoms.